The molecule has 7 heteroatoms. The monoisotopic (exact) mass is 377 g/mol. The van der Waals surface area contributed by atoms with Crippen LogP contribution in [0.3, 0.4) is 0 Å². The molecular formula is C18H23N3O2S2. The van der Waals surface area contributed by atoms with Crippen LogP contribution in [-0.4, -0.2) is 32.1 Å². The summed E-state index contributed by atoms with van der Waals surface area (Å²) in [6.45, 7) is 1.95. The van der Waals surface area contributed by atoms with Crippen molar-refractivity contribution >= 4 is 29.1 Å². The minimum atomic E-state index is -0.156. The maximum Gasteiger partial charge on any atom is 0.319 e. The van der Waals surface area contributed by atoms with Crippen molar-refractivity contribution in [2.75, 3.05) is 0 Å². The van der Waals surface area contributed by atoms with E-state index in [9.17, 15) is 4.79 Å². The standard InChI is InChI=1S/C18H23N3O2S2/c1-12-10-15(17(22)23-12)25-18-20-19-16(11-14-8-5-9-24-14)21(18)13-6-3-2-4-7-13/h5,8-9,12-13,15H,2-4,6-7,10-11H2,1H3/t12-,15+/m1/s1. The Morgan fingerprint density at radius 1 is 1.32 bits per heavy atom. The van der Waals surface area contributed by atoms with Crippen LogP contribution in [0.2, 0.25) is 0 Å². The van der Waals surface area contributed by atoms with Crippen LogP contribution in [0.25, 0.3) is 0 Å². The number of carbonyl (C=O) groups is 1. The third-order valence-electron chi connectivity index (χ3n) is 4.96. The van der Waals surface area contributed by atoms with E-state index in [1.807, 2.05) is 6.92 Å². The molecule has 0 unspecified atom stereocenters. The number of rotatable bonds is 5. The highest BCUT2D eigenvalue weighted by molar-refractivity contribution is 8.00. The molecule has 1 saturated carbocycles. The summed E-state index contributed by atoms with van der Waals surface area (Å²) in [5.41, 5.74) is 0. The number of thiophene rings is 1. The summed E-state index contributed by atoms with van der Waals surface area (Å²) in [5.74, 6) is 0.909. The van der Waals surface area contributed by atoms with E-state index in [0.29, 0.717) is 6.04 Å². The molecule has 0 radical (unpaired) electrons. The lowest BCUT2D eigenvalue weighted by Crippen LogP contribution is -2.18. The SMILES string of the molecule is C[C@@H]1C[C@H](Sc2nnc(Cc3cccs3)n2C2CCCCC2)C(=O)O1. The number of aromatic nitrogens is 3. The third kappa shape index (κ3) is 3.77. The molecule has 0 bridgehead atoms. The summed E-state index contributed by atoms with van der Waals surface area (Å²) in [4.78, 5) is 13.3. The van der Waals surface area contributed by atoms with Gasteiger partial charge < -0.3 is 9.30 Å². The zero-order chi connectivity index (χ0) is 17.2. The summed E-state index contributed by atoms with van der Waals surface area (Å²) in [6.07, 6.45) is 7.74. The molecule has 1 saturated heterocycles. The first kappa shape index (κ1) is 17.1. The van der Waals surface area contributed by atoms with Gasteiger partial charge in [0.05, 0.1) is 0 Å². The zero-order valence-corrected chi connectivity index (χ0v) is 16.0. The topological polar surface area (TPSA) is 57.0 Å². The molecule has 0 spiro atoms. The number of nitrogens with zero attached hydrogens (tertiary/aromatic N) is 3. The molecule has 0 amide bonds. The van der Waals surface area contributed by atoms with Crippen LogP contribution in [0.1, 0.15) is 62.2 Å². The van der Waals surface area contributed by atoms with Crippen molar-refractivity contribution in [1.82, 2.24) is 14.8 Å². The van der Waals surface area contributed by atoms with Gasteiger partial charge >= 0.3 is 5.97 Å². The fraction of sp³-hybridized carbons (Fsp3) is 0.611. The Balaban J connectivity index is 1.61. The Kier molecular flexibility index (Phi) is 5.12. The summed E-state index contributed by atoms with van der Waals surface area (Å²) in [6, 6.07) is 4.68. The Hall–Kier alpha value is -1.34. The van der Waals surface area contributed by atoms with Gasteiger partial charge in [0, 0.05) is 23.8 Å². The van der Waals surface area contributed by atoms with Crippen molar-refractivity contribution in [3.05, 3.63) is 28.2 Å². The molecule has 2 atom stereocenters. The smallest absolute Gasteiger partial charge is 0.319 e. The molecule has 134 valence electrons. The maximum atomic E-state index is 12.0. The van der Waals surface area contributed by atoms with Crippen LogP contribution in [0.15, 0.2) is 22.7 Å². The molecule has 1 aliphatic heterocycles. The largest absolute Gasteiger partial charge is 0.462 e. The quantitative estimate of drug-likeness (QED) is 0.730. The molecule has 25 heavy (non-hydrogen) atoms. The Bertz CT molecular complexity index is 723. The molecule has 5 nitrogen and oxygen atoms in total. The number of esters is 1. The first-order valence-corrected chi connectivity index (χ1v) is 10.8. The molecule has 2 fully saturated rings. The molecule has 2 aliphatic rings. The molecule has 4 rings (SSSR count). The lowest BCUT2D eigenvalue weighted by molar-refractivity contribution is -0.140. The Morgan fingerprint density at radius 2 is 2.16 bits per heavy atom. The Labute approximate surface area is 156 Å². The third-order valence-corrected chi connectivity index (χ3v) is 7.00. The summed E-state index contributed by atoms with van der Waals surface area (Å²) in [5, 5.41) is 11.8. The van der Waals surface area contributed by atoms with E-state index in [0.717, 1.165) is 23.8 Å². The van der Waals surface area contributed by atoms with Crippen molar-refractivity contribution in [3.63, 3.8) is 0 Å². The van der Waals surface area contributed by atoms with Gasteiger partial charge in [-0.1, -0.05) is 37.1 Å². The molecule has 3 heterocycles. The van der Waals surface area contributed by atoms with Crippen LogP contribution < -0.4 is 0 Å². The van der Waals surface area contributed by atoms with Gasteiger partial charge in [0.25, 0.3) is 0 Å². The maximum absolute atomic E-state index is 12.0. The molecule has 2 aromatic heterocycles. The van der Waals surface area contributed by atoms with Crippen molar-refractivity contribution in [3.8, 4) is 0 Å². The van der Waals surface area contributed by atoms with Gasteiger partial charge in [0.1, 0.15) is 17.2 Å². The van der Waals surface area contributed by atoms with Gasteiger partial charge in [0.15, 0.2) is 5.16 Å². The highest BCUT2D eigenvalue weighted by Crippen LogP contribution is 2.37. The van der Waals surface area contributed by atoms with Crippen LogP contribution in [-0.2, 0) is 16.0 Å². The highest BCUT2D eigenvalue weighted by atomic mass is 32.2. The minimum absolute atomic E-state index is 0.00152. The number of carbonyl (C=O) groups excluding carboxylic acids is 1. The van der Waals surface area contributed by atoms with Gasteiger partial charge in [-0.3, -0.25) is 4.79 Å². The second-order valence-corrected chi connectivity index (χ2v) is 9.11. The molecule has 2 aromatic rings. The second kappa shape index (κ2) is 7.50. The van der Waals surface area contributed by atoms with E-state index in [4.69, 9.17) is 4.74 Å². The minimum Gasteiger partial charge on any atom is -0.462 e. The van der Waals surface area contributed by atoms with Crippen LogP contribution in [0.4, 0.5) is 0 Å². The molecular weight excluding hydrogens is 354 g/mol. The Morgan fingerprint density at radius 3 is 2.84 bits per heavy atom. The number of hydrogen-bond donors (Lipinski definition) is 0. The summed E-state index contributed by atoms with van der Waals surface area (Å²) < 4.78 is 7.63. The van der Waals surface area contributed by atoms with E-state index >= 15 is 0 Å². The van der Waals surface area contributed by atoms with Gasteiger partial charge in [0.2, 0.25) is 0 Å². The summed E-state index contributed by atoms with van der Waals surface area (Å²) >= 11 is 3.29. The van der Waals surface area contributed by atoms with Crippen molar-refractivity contribution in [2.45, 2.75) is 74.4 Å². The average molecular weight is 378 g/mol. The van der Waals surface area contributed by atoms with Crippen molar-refractivity contribution in [1.29, 1.82) is 0 Å². The van der Waals surface area contributed by atoms with E-state index < -0.39 is 0 Å². The van der Waals surface area contributed by atoms with Crippen LogP contribution in [0.5, 0.6) is 0 Å². The number of thioether (sulfide) groups is 1. The lowest BCUT2D eigenvalue weighted by Gasteiger charge is -2.25. The van der Waals surface area contributed by atoms with Crippen LogP contribution in [0, 0.1) is 0 Å². The number of ether oxygens (including phenoxy) is 1. The van der Waals surface area contributed by atoms with E-state index in [-0.39, 0.29) is 17.3 Å². The molecule has 1 aliphatic carbocycles. The number of hydrogen-bond acceptors (Lipinski definition) is 6. The normalized spacial score (nSPS) is 24.6. The van der Waals surface area contributed by atoms with E-state index in [1.54, 1.807) is 11.3 Å². The first-order valence-electron chi connectivity index (χ1n) is 9.04. The fourth-order valence-corrected chi connectivity index (χ4v) is 5.66. The highest BCUT2D eigenvalue weighted by Gasteiger charge is 2.35. The van der Waals surface area contributed by atoms with Gasteiger partial charge in [-0.2, -0.15) is 0 Å². The van der Waals surface area contributed by atoms with Gasteiger partial charge in [-0.15, -0.1) is 21.5 Å². The van der Waals surface area contributed by atoms with Gasteiger partial charge in [-0.25, -0.2) is 0 Å². The lowest BCUT2D eigenvalue weighted by atomic mass is 9.95. The number of cyclic esters (lactones) is 1. The van der Waals surface area contributed by atoms with Crippen LogP contribution >= 0.6 is 23.1 Å². The molecule has 0 aromatic carbocycles. The predicted octanol–water partition coefficient (Wildman–Crippen LogP) is 4.23. The van der Waals surface area contributed by atoms with Crippen molar-refractivity contribution < 1.29 is 9.53 Å². The summed E-state index contributed by atoms with van der Waals surface area (Å²) in [7, 11) is 0. The van der Waals surface area contributed by atoms with E-state index in [1.165, 1.54) is 48.7 Å². The van der Waals surface area contributed by atoms with Gasteiger partial charge in [-0.05, 0) is 31.2 Å². The molecule has 0 N–H and O–H groups in total. The average Bonchev–Trinajstić information content (AvgIpc) is 3.32. The fourth-order valence-electron chi connectivity index (χ4n) is 3.73. The predicted molar refractivity (Wildman–Crippen MR) is 99.1 cm³/mol. The zero-order valence-electron chi connectivity index (χ0n) is 14.4. The second-order valence-electron chi connectivity index (χ2n) is 6.91. The van der Waals surface area contributed by atoms with E-state index in [2.05, 4.69) is 32.3 Å². The van der Waals surface area contributed by atoms with Crippen molar-refractivity contribution in [2.24, 2.45) is 0 Å². The first-order chi connectivity index (χ1) is 12.2.